The molecule has 5 nitrogen and oxygen atoms in total. The van der Waals surface area contributed by atoms with Crippen LogP contribution in [0.25, 0.3) is 11.3 Å². The molecule has 1 aliphatic heterocycles. The number of rotatable bonds is 7. The van der Waals surface area contributed by atoms with Crippen molar-refractivity contribution in [2.75, 3.05) is 13.7 Å². The summed E-state index contributed by atoms with van der Waals surface area (Å²) in [4.78, 5) is 15.1. The summed E-state index contributed by atoms with van der Waals surface area (Å²) in [6.45, 7) is 2.88. The zero-order chi connectivity index (χ0) is 20.4. The lowest BCUT2D eigenvalue weighted by atomic mass is 9.96. The molecule has 1 aromatic heterocycles. The predicted octanol–water partition coefficient (Wildman–Crippen LogP) is 5.47. The summed E-state index contributed by atoms with van der Waals surface area (Å²) in [5.41, 5.74) is 4.29. The summed E-state index contributed by atoms with van der Waals surface area (Å²) < 4.78 is 5.27. The fourth-order valence-electron chi connectivity index (χ4n) is 3.92. The third kappa shape index (κ3) is 3.62. The molecular weight excluding hydrogens is 386 g/mol. The van der Waals surface area contributed by atoms with Crippen molar-refractivity contribution in [3.63, 3.8) is 0 Å². The number of nitrogens with one attached hydrogen (secondary N) is 1. The number of fused-ring (bicyclic) bond motifs is 1. The van der Waals surface area contributed by atoms with E-state index in [-0.39, 0.29) is 11.9 Å². The second kappa shape index (κ2) is 8.29. The molecule has 1 amide bonds. The molecule has 1 atom stereocenters. The standard InChI is InChI=1S/C23H24ClN3O2/c1-3-4-5-14-27-22(16-6-10-17(24)11-7-16)19-20(25-26-21(19)23(27)28)15-8-12-18(29-2)13-9-15/h6-13,22H,3-5,14H2,1-2H3,(H,25,26). The monoisotopic (exact) mass is 409 g/mol. The number of hydrogen-bond acceptors (Lipinski definition) is 3. The third-order valence-corrected chi connectivity index (χ3v) is 5.67. The normalized spacial score (nSPS) is 15.6. The number of aromatic nitrogens is 2. The molecule has 0 bridgehead atoms. The van der Waals surface area contributed by atoms with Gasteiger partial charge in [0, 0.05) is 22.7 Å². The summed E-state index contributed by atoms with van der Waals surface area (Å²) >= 11 is 6.11. The van der Waals surface area contributed by atoms with E-state index in [1.165, 1.54) is 0 Å². The Balaban J connectivity index is 1.79. The summed E-state index contributed by atoms with van der Waals surface area (Å²) in [5, 5.41) is 8.17. The second-order valence-corrected chi connectivity index (χ2v) is 7.69. The lowest BCUT2D eigenvalue weighted by Gasteiger charge is -2.26. The van der Waals surface area contributed by atoms with Gasteiger partial charge in [0.25, 0.3) is 5.91 Å². The molecule has 2 aromatic carbocycles. The molecule has 1 N–H and O–H groups in total. The molecule has 0 aliphatic carbocycles. The van der Waals surface area contributed by atoms with E-state index in [1.54, 1.807) is 7.11 Å². The van der Waals surface area contributed by atoms with Gasteiger partial charge in [-0.25, -0.2) is 0 Å². The van der Waals surface area contributed by atoms with E-state index in [0.29, 0.717) is 17.3 Å². The number of carbonyl (C=O) groups excluding carboxylic acids is 1. The van der Waals surface area contributed by atoms with Crippen molar-refractivity contribution in [3.05, 3.63) is 70.4 Å². The molecule has 2 heterocycles. The molecule has 0 spiro atoms. The molecule has 6 heteroatoms. The first-order chi connectivity index (χ1) is 14.1. The Morgan fingerprint density at radius 3 is 2.48 bits per heavy atom. The van der Waals surface area contributed by atoms with Crippen molar-refractivity contribution < 1.29 is 9.53 Å². The van der Waals surface area contributed by atoms with Gasteiger partial charge < -0.3 is 9.64 Å². The van der Waals surface area contributed by atoms with Crippen LogP contribution < -0.4 is 4.74 Å². The Labute approximate surface area is 175 Å². The highest BCUT2D eigenvalue weighted by Gasteiger charge is 2.41. The van der Waals surface area contributed by atoms with Crippen LogP contribution >= 0.6 is 11.6 Å². The molecule has 0 saturated heterocycles. The summed E-state index contributed by atoms with van der Waals surface area (Å²) in [6.07, 6.45) is 3.17. The Morgan fingerprint density at radius 2 is 1.83 bits per heavy atom. The van der Waals surface area contributed by atoms with Gasteiger partial charge in [0.1, 0.15) is 11.4 Å². The van der Waals surface area contributed by atoms with Crippen LogP contribution in [0.5, 0.6) is 5.75 Å². The summed E-state index contributed by atoms with van der Waals surface area (Å²) in [5.74, 6) is 0.788. The topological polar surface area (TPSA) is 58.2 Å². The van der Waals surface area contributed by atoms with Gasteiger partial charge in [-0.1, -0.05) is 43.5 Å². The zero-order valence-electron chi connectivity index (χ0n) is 16.6. The fraction of sp³-hybridized carbons (Fsp3) is 0.304. The first kappa shape index (κ1) is 19.5. The highest BCUT2D eigenvalue weighted by Crippen LogP contribution is 2.43. The van der Waals surface area contributed by atoms with E-state index in [9.17, 15) is 4.79 Å². The van der Waals surface area contributed by atoms with Crippen LogP contribution in [0.3, 0.4) is 0 Å². The smallest absolute Gasteiger partial charge is 0.273 e. The molecule has 150 valence electrons. The number of amides is 1. The van der Waals surface area contributed by atoms with E-state index in [1.807, 2.05) is 53.4 Å². The largest absolute Gasteiger partial charge is 0.497 e. The average Bonchev–Trinajstić information content (AvgIpc) is 3.29. The highest BCUT2D eigenvalue weighted by molar-refractivity contribution is 6.30. The number of aromatic amines is 1. The number of unbranched alkanes of at least 4 members (excludes halogenated alkanes) is 2. The maximum absolute atomic E-state index is 13.2. The quantitative estimate of drug-likeness (QED) is 0.526. The SMILES string of the molecule is CCCCCN1C(=O)c2[nH]nc(-c3ccc(OC)cc3)c2C1c1ccc(Cl)cc1. The van der Waals surface area contributed by atoms with Crippen molar-refractivity contribution in [1.29, 1.82) is 0 Å². The molecule has 1 aliphatic rings. The van der Waals surface area contributed by atoms with Crippen molar-refractivity contribution in [3.8, 4) is 17.0 Å². The van der Waals surface area contributed by atoms with Gasteiger partial charge >= 0.3 is 0 Å². The van der Waals surface area contributed by atoms with Gasteiger partial charge in [-0.3, -0.25) is 9.89 Å². The van der Waals surface area contributed by atoms with Crippen molar-refractivity contribution in [2.24, 2.45) is 0 Å². The molecule has 0 fully saturated rings. The number of benzene rings is 2. The van der Waals surface area contributed by atoms with Gasteiger partial charge in [0.05, 0.1) is 18.8 Å². The van der Waals surface area contributed by atoms with E-state index >= 15 is 0 Å². The van der Waals surface area contributed by atoms with E-state index in [4.69, 9.17) is 16.3 Å². The number of hydrogen-bond donors (Lipinski definition) is 1. The average molecular weight is 410 g/mol. The highest BCUT2D eigenvalue weighted by atomic mass is 35.5. The first-order valence-corrected chi connectivity index (χ1v) is 10.3. The lowest BCUT2D eigenvalue weighted by molar-refractivity contribution is 0.0740. The van der Waals surface area contributed by atoms with Crippen molar-refractivity contribution in [2.45, 2.75) is 32.2 Å². The second-order valence-electron chi connectivity index (χ2n) is 7.25. The lowest BCUT2D eigenvalue weighted by Crippen LogP contribution is -2.30. The van der Waals surface area contributed by atoms with Gasteiger partial charge in [-0.15, -0.1) is 0 Å². The van der Waals surface area contributed by atoms with Crippen molar-refractivity contribution >= 4 is 17.5 Å². The third-order valence-electron chi connectivity index (χ3n) is 5.42. The van der Waals surface area contributed by atoms with Crippen LogP contribution in [0.2, 0.25) is 5.02 Å². The number of halogens is 1. The number of nitrogens with zero attached hydrogens (tertiary/aromatic N) is 2. The Bertz CT molecular complexity index is 996. The molecular formula is C23H24ClN3O2. The van der Waals surface area contributed by atoms with Crippen LogP contribution in [0, 0.1) is 0 Å². The maximum Gasteiger partial charge on any atom is 0.273 e. The van der Waals surface area contributed by atoms with E-state index < -0.39 is 0 Å². The molecule has 4 rings (SSSR count). The summed E-state index contributed by atoms with van der Waals surface area (Å²) in [6, 6.07) is 15.3. The van der Waals surface area contributed by atoms with E-state index in [0.717, 1.165) is 47.4 Å². The minimum atomic E-state index is -0.178. The Morgan fingerprint density at radius 1 is 1.10 bits per heavy atom. The molecule has 29 heavy (non-hydrogen) atoms. The van der Waals surface area contributed by atoms with Gasteiger partial charge in [0.15, 0.2) is 0 Å². The van der Waals surface area contributed by atoms with Crippen molar-refractivity contribution in [1.82, 2.24) is 15.1 Å². The van der Waals surface area contributed by atoms with E-state index in [2.05, 4.69) is 17.1 Å². The number of methoxy groups -OCH3 is 1. The number of carbonyl (C=O) groups is 1. The molecule has 3 aromatic rings. The fourth-order valence-corrected chi connectivity index (χ4v) is 4.05. The zero-order valence-corrected chi connectivity index (χ0v) is 17.4. The van der Waals surface area contributed by atoms with Crippen LogP contribution in [0.1, 0.15) is 53.8 Å². The van der Waals surface area contributed by atoms with Crippen LogP contribution in [-0.2, 0) is 0 Å². The van der Waals surface area contributed by atoms with Crippen LogP contribution in [0.4, 0.5) is 0 Å². The van der Waals surface area contributed by atoms with Gasteiger partial charge in [-0.2, -0.15) is 5.10 Å². The molecule has 0 radical (unpaired) electrons. The van der Waals surface area contributed by atoms with Gasteiger partial charge in [-0.05, 0) is 48.4 Å². The Hall–Kier alpha value is -2.79. The van der Waals surface area contributed by atoms with Gasteiger partial charge in [0.2, 0.25) is 0 Å². The summed E-state index contributed by atoms with van der Waals surface area (Å²) in [7, 11) is 1.64. The van der Waals surface area contributed by atoms with Crippen LogP contribution in [0.15, 0.2) is 48.5 Å². The minimum absolute atomic E-state index is 0.00307. The predicted molar refractivity (Wildman–Crippen MR) is 114 cm³/mol. The number of H-pyrrole nitrogens is 1. The molecule has 0 saturated carbocycles. The number of ether oxygens (including phenoxy) is 1. The minimum Gasteiger partial charge on any atom is -0.497 e. The Kier molecular flexibility index (Phi) is 5.58. The van der Waals surface area contributed by atoms with Crippen LogP contribution in [-0.4, -0.2) is 34.7 Å². The maximum atomic E-state index is 13.2. The first-order valence-electron chi connectivity index (χ1n) is 9.93. The molecule has 1 unspecified atom stereocenters.